The van der Waals surface area contributed by atoms with Gasteiger partial charge in [-0.3, -0.25) is 19.5 Å². The van der Waals surface area contributed by atoms with Gasteiger partial charge in [-0.1, -0.05) is 29.0 Å². The molecule has 11 nitrogen and oxygen atoms in total. The van der Waals surface area contributed by atoms with Crippen molar-refractivity contribution in [3.8, 4) is 17.2 Å². The lowest BCUT2D eigenvalue weighted by Crippen LogP contribution is -2.39. The topological polar surface area (TPSA) is 142 Å². The Morgan fingerprint density at radius 2 is 1.95 bits per heavy atom. The number of ether oxygens (including phenoxy) is 3. The highest BCUT2D eigenvalue weighted by Gasteiger charge is 2.31. The summed E-state index contributed by atoms with van der Waals surface area (Å²) in [4.78, 5) is 41.4. The highest BCUT2D eigenvalue weighted by molar-refractivity contribution is 7.07. The van der Waals surface area contributed by atoms with E-state index in [-0.39, 0.29) is 25.5 Å². The maximum Gasteiger partial charge on any atom is 0.337 e. The number of methoxy groups -OCH3 is 1. The molecular weight excluding hydrogens is 538 g/mol. The fraction of sp³-hybridized carbons (Fsp3) is 0.240. The molecule has 2 aromatic carbocycles. The van der Waals surface area contributed by atoms with Crippen molar-refractivity contribution in [3.05, 3.63) is 88.1 Å². The van der Waals surface area contributed by atoms with Gasteiger partial charge < -0.3 is 19.3 Å². The molecule has 198 valence electrons. The van der Waals surface area contributed by atoms with Crippen LogP contribution >= 0.6 is 22.9 Å². The number of fused-ring (bicyclic) bond motifs is 1. The molecule has 1 atom stereocenters. The van der Waals surface area contributed by atoms with Crippen molar-refractivity contribution in [2.24, 2.45) is 4.99 Å². The number of hydrogen-bond donors (Lipinski definition) is 1. The molecule has 13 heteroatoms. The molecule has 2 heterocycles. The molecule has 1 aliphatic rings. The van der Waals surface area contributed by atoms with Crippen molar-refractivity contribution in [2.75, 3.05) is 20.3 Å². The van der Waals surface area contributed by atoms with Crippen LogP contribution in [-0.4, -0.2) is 40.9 Å². The smallest absolute Gasteiger partial charge is 0.337 e. The molecule has 1 aromatic heterocycles. The molecule has 0 saturated heterocycles. The zero-order valence-corrected chi connectivity index (χ0v) is 22.0. The summed E-state index contributed by atoms with van der Waals surface area (Å²) in [7, 11) is 1.23. The van der Waals surface area contributed by atoms with Crippen molar-refractivity contribution < 1.29 is 29.0 Å². The molecular formula is C25H22ClN3O8S. The van der Waals surface area contributed by atoms with Crippen LogP contribution in [0.5, 0.6) is 17.2 Å². The second-order valence-corrected chi connectivity index (χ2v) is 9.31. The third kappa shape index (κ3) is 5.00. The monoisotopic (exact) mass is 559 g/mol. The Hall–Kier alpha value is -4.16. The van der Waals surface area contributed by atoms with E-state index in [1.807, 2.05) is 13.8 Å². The van der Waals surface area contributed by atoms with Gasteiger partial charge in [0.05, 0.1) is 41.4 Å². The largest absolute Gasteiger partial charge is 0.502 e. The minimum atomic E-state index is -0.918. The predicted octanol–water partition coefficient (Wildman–Crippen LogP) is 3.08. The summed E-state index contributed by atoms with van der Waals surface area (Å²) in [5.41, 5.74) is -0.503. The highest BCUT2D eigenvalue weighted by atomic mass is 35.5. The Bertz CT molecular complexity index is 1640. The highest BCUT2D eigenvalue weighted by Crippen LogP contribution is 2.36. The number of benzene rings is 2. The Labute approximate surface area is 224 Å². The van der Waals surface area contributed by atoms with E-state index >= 15 is 0 Å². The number of esters is 1. The van der Waals surface area contributed by atoms with E-state index in [0.717, 1.165) is 17.4 Å². The molecule has 0 fully saturated rings. The zero-order valence-electron chi connectivity index (χ0n) is 20.5. The summed E-state index contributed by atoms with van der Waals surface area (Å²) in [6.07, 6.45) is 2.63. The molecule has 0 aliphatic carbocycles. The van der Waals surface area contributed by atoms with Crippen molar-refractivity contribution in [1.29, 1.82) is 0 Å². The average molecular weight is 560 g/mol. The third-order valence-corrected chi connectivity index (χ3v) is 6.79. The van der Waals surface area contributed by atoms with Crippen LogP contribution < -0.4 is 24.4 Å². The number of carbonyl (C=O) groups is 1. The Kier molecular flexibility index (Phi) is 7.83. The summed E-state index contributed by atoms with van der Waals surface area (Å²) in [6, 6.07) is 6.49. The molecule has 3 aromatic rings. The van der Waals surface area contributed by atoms with Gasteiger partial charge in [-0.15, -0.1) is 0 Å². The van der Waals surface area contributed by atoms with E-state index < -0.39 is 33.9 Å². The number of halogens is 1. The fourth-order valence-electron chi connectivity index (χ4n) is 3.98. The van der Waals surface area contributed by atoms with Gasteiger partial charge in [0.15, 0.2) is 16.3 Å². The van der Waals surface area contributed by atoms with E-state index in [1.54, 1.807) is 18.2 Å². The van der Waals surface area contributed by atoms with Crippen LogP contribution in [0.15, 0.2) is 51.9 Å². The molecule has 4 rings (SSSR count). The van der Waals surface area contributed by atoms with Crippen LogP contribution in [-0.2, 0) is 9.53 Å². The summed E-state index contributed by atoms with van der Waals surface area (Å²) < 4.78 is 17.7. The van der Waals surface area contributed by atoms with E-state index in [1.165, 1.54) is 30.0 Å². The number of nitro benzene ring substituents is 1. The number of rotatable bonds is 8. The summed E-state index contributed by atoms with van der Waals surface area (Å²) in [5.74, 6) is -0.369. The van der Waals surface area contributed by atoms with Gasteiger partial charge in [-0.2, -0.15) is 0 Å². The standard InChI is InChI=1S/C25H22ClN3O8S/c1-4-36-18-7-6-13(9-19(18)37-5-2)21-16(24(32)35-3)12-27-25-28(21)23(31)20(38-25)10-14-8-15(26)11-17(22(14)30)29(33)34/h6-12,21,30H,4-5H2,1-3H3/b20-10-/t21-/m0/s1. The quantitative estimate of drug-likeness (QED) is 0.252. The minimum Gasteiger partial charge on any atom is -0.502 e. The third-order valence-electron chi connectivity index (χ3n) is 5.58. The number of phenols is 1. The van der Waals surface area contributed by atoms with Crippen LogP contribution in [0.2, 0.25) is 5.02 Å². The summed E-state index contributed by atoms with van der Waals surface area (Å²) >= 11 is 6.99. The lowest BCUT2D eigenvalue weighted by Gasteiger charge is -2.23. The van der Waals surface area contributed by atoms with E-state index in [2.05, 4.69) is 4.99 Å². The average Bonchev–Trinajstić information content (AvgIpc) is 3.21. The SMILES string of the molecule is CCOc1ccc([C@H]2C(C(=O)OC)=CN=c3s/c(=C\c4cc(Cl)cc([N+](=O)[O-])c4O)c(=O)n32)cc1OCC. The zero-order chi connectivity index (χ0) is 27.6. The second-order valence-electron chi connectivity index (χ2n) is 7.87. The normalized spacial score (nSPS) is 14.8. The minimum absolute atomic E-state index is 0.0113. The number of thiazole rings is 1. The molecule has 1 aliphatic heterocycles. The molecule has 38 heavy (non-hydrogen) atoms. The van der Waals surface area contributed by atoms with Gasteiger partial charge in [0.25, 0.3) is 5.56 Å². The van der Waals surface area contributed by atoms with Gasteiger partial charge in [-0.25, -0.2) is 9.79 Å². The first kappa shape index (κ1) is 26.9. The number of aromatic nitrogens is 1. The Morgan fingerprint density at radius 3 is 2.61 bits per heavy atom. The Morgan fingerprint density at radius 1 is 1.24 bits per heavy atom. The van der Waals surface area contributed by atoms with Crippen molar-refractivity contribution in [3.63, 3.8) is 0 Å². The van der Waals surface area contributed by atoms with Gasteiger partial charge in [0.2, 0.25) is 5.75 Å². The Balaban J connectivity index is 1.94. The van der Waals surface area contributed by atoms with Crippen LogP contribution in [0.3, 0.4) is 0 Å². The van der Waals surface area contributed by atoms with Gasteiger partial charge in [0.1, 0.15) is 0 Å². The number of phenolic OH excluding ortho intramolecular Hbond substituents is 1. The van der Waals surface area contributed by atoms with E-state index in [4.69, 9.17) is 25.8 Å². The lowest BCUT2D eigenvalue weighted by atomic mass is 9.97. The van der Waals surface area contributed by atoms with Gasteiger partial charge in [-0.05, 0) is 43.7 Å². The molecule has 0 radical (unpaired) electrons. The number of nitrogens with zero attached hydrogens (tertiary/aromatic N) is 3. The molecule has 0 saturated carbocycles. The summed E-state index contributed by atoms with van der Waals surface area (Å²) in [5, 5.41) is 21.7. The van der Waals surface area contributed by atoms with Crippen LogP contribution in [0.4, 0.5) is 5.69 Å². The molecule has 0 unspecified atom stereocenters. The first-order valence-corrected chi connectivity index (χ1v) is 12.5. The lowest BCUT2D eigenvalue weighted by molar-refractivity contribution is -0.385. The predicted molar refractivity (Wildman–Crippen MR) is 140 cm³/mol. The van der Waals surface area contributed by atoms with Crippen molar-refractivity contribution in [2.45, 2.75) is 19.9 Å². The maximum atomic E-state index is 13.7. The number of nitro groups is 1. The van der Waals surface area contributed by atoms with Gasteiger partial charge >= 0.3 is 11.7 Å². The molecule has 0 spiro atoms. The van der Waals surface area contributed by atoms with Crippen molar-refractivity contribution >= 4 is 40.7 Å². The maximum absolute atomic E-state index is 13.7. The van der Waals surface area contributed by atoms with Crippen LogP contribution in [0.25, 0.3) is 6.08 Å². The number of hydrogen-bond acceptors (Lipinski definition) is 10. The van der Waals surface area contributed by atoms with Crippen molar-refractivity contribution in [1.82, 2.24) is 4.57 Å². The number of aromatic hydroxyl groups is 1. The second kappa shape index (κ2) is 11.1. The van der Waals surface area contributed by atoms with E-state index in [0.29, 0.717) is 30.3 Å². The molecule has 1 N–H and O–H groups in total. The molecule has 0 amide bonds. The van der Waals surface area contributed by atoms with Crippen LogP contribution in [0.1, 0.15) is 31.0 Å². The van der Waals surface area contributed by atoms with Gasteiger partial charge in [0, 0.05) is 22.9 Å². The number of carbonyl (C=O) groups excluding carboxylic acids is 1. The fourth-order valence-corrected chi connectivity index (χ4v) is 5.16. The first-order valence-electron chi connectivity index (χ1n) is 11.4. The van der Waals surface area contributed by atoms with E-state index in [9.17, 15) is 24.8 Å². The van der Waals surface area contributed by atoms with Crippen LogP contribution in [0, 0.1) is 10.1 Å². The molecule has 0 bridgehead atoms. The summed E-state index contributed by atoms with van der Waals surface area (Å²) in [6.45, 7) is 4.44. The first-order chi connectivity index (χ1) is 18.2.